The minimum absolute atomic E-state index is 0.00862. The minimum Gasteiger partial charge on any atom is -0.511 e. The van der Waals surface area contributed by atoms with Gasteiger partial charge in [0.15, 0.2) is 17.4 Å². The highest BCUT2D eigenvalue weighted by Crippen LogP contribution is 2.60. The lowest BCUT2D eigenvalue weighted by molar-refractivity contribution is -0.118. The van der Waals surface area contributed by atoms with Crippen molar-refractivity contribution in [2.24, 2.45) is 23.7 Å². The normalized spacial score (nSPS) is 27.8. The van der Waals surface area contributed by atoms with Gasteiger partial charge in [0, 0.05) is 17.4 Å². The first kappa shape index (κ1) is 18.8. The molecule has 150 valence electrons. The molecule has 0 radical (unpaired) electrons. The Balaban J connectivity index is 1.65. The van der Waals surface area contributed by atoms with Crippen molar-refractivity contribution in [3.8, 4) is 11.1 Å². The Kier molecular flexibility index (Phi) is 4.32. The van der Waals surface area contributed by atoms with Gasteiger partial charge in [0.05, 0.1) is 10.6 Å². The number of aryl methyl sites for hydroxylation is 1. The van der Waals surface area contributed by atoms with Crippen LogP contribution < -0.4 is 0 Å². The van der Waals surface area contributed by atoms with Gasteiger partial charge in [-0.05, 0) is 72.4 Å². The average molecular weight is 415 g/mol. The van der Waals surface area contributed by atoms with Crippen LogP contribution in [-0.2, 0) is 11.2 Å². The summed E-state index contributed by atoms with van der Waals surface area (Å²) in [5.41, 5.74) is 2.46. The predicted molar refractivity (Wildman–Crippen MR) is 109 cm³/mol. The third-order valence-corrected chi connectivity index (χ3v) is 7.44. The second-order valence-electron chi connectivity index (χ2n) is 8.46. The lowest BCUT2D eigenvalue weighted by Gasteiger charge is -2.23. The molecule has 4 atom stereocenters. The highest BCUT2D eigenvalue weighted by Gasteiger charge is 2.57. The summed E-state index contributed by atoms with van der Waals surface area (Å²) in [6.45, 7) is 1.97. The maximum Gasteiger partial charge on any atom is 0.178 e. The summed E-state index contributed by atoms with van der Waals surface area (Å²) in [6, 6.07) is 8.01. The molecule has 2 aromatic rings. The van der Waals surface area contributed by atoms with Gasteiger partial charge < -0.3 is 5.11 Å². The zero-order valence-electron chi connectivity index (χ0n) is 16.0. The van der Waals surface area contributed by atoms with Crippen molar-refractivity contribution in [3.63, 3.8) is 0 Å². The molecule has 2 bridgehead atoms. The van der Waals surface area contributed by atoms with Crippen LogP contribution in [0.15, 0.2) is 36.1 Å². The van der Waals surface area contributed by atoms with E-state index in [0.29, 0.717) is 35.0 Å². The first-order chi connectivity index (χ1) is 13.9. The number of allylic oxidation sites excluding steroid dienone is 2. The van der Waals surface area contributed by atoms with Gasteiger partial charge in [-0.15, -0.1) is 0 Å². The van der Waals surface area contributed by atoms with Crippen molar-refractivity contribution in [1.29, 1.82) is 0 Å². The first-order valence-corrected chi connectivity index (χ1v) is 10.5. The standard InChI is InChI=1S/C24H21ClF2O2/c1-2-11-3-4-12(15-7-8-17(25)22(27)21(15)26)10-16(11)20-23(28)18-13-5-6-14(9-13)19(18)24(20)29/h3-4,7-8,10,13-14,18-19,28H,2,5-6,9H2,1H3/t13-,14+,18-,19+/m1/s1. The number of benzene rings is 2. The Morgan fingerprint density at radius 1 is 1.03 bits per heavy atom. The number of aliphatic hydroxyl groups excluding tert-OH is 1. The summed E-state index contributed by atoms with van der Waals surface area (Å²) < 4.78 is 28.5. The second-order valence-corrected chi connectivity index (χ2v) is 8.86. The van der Waals surface area contributed by atoms with E-state index in [-0.39, 0.29) is 34.0 Å². The molecule has 1 N–H and O–H groups in total. The molecule has 5 rings (SSSR count). The van der Waals surface area contributed by atoms with E-state index in [9.17, 15) is 18.7 Å². The van der Waals surface area contributed by atoms with E-state index in [1.165, 1.54) is 12.1 Å². The van der Waals surface area contributed by atoms with Crippen LogP contribution in [0.4, 0.5) is 8.78 Å². The number of Topliss-reactive ketones (excluding diaryl/α,β-unsaturated/α-hetero) is 1. The first-order valence-electron chi connectivity index (χ1n) is 10.2. The summed E-state index contributed by atoms with van der Waals surface area (Å²) in [7, 11) is 0. The number of carbonyl (C=O) groups is 1. The molecule has 29 heavy (non-hydrogen) atoms. The van der Waals surface area contributed by atoms with E-state index in [4.69, 9.17) is 11.6 Å². The Bertz CT molecular complexity index is 1070. The third kappa shape index (κ3) is 2.61. The summed E-state index contributed by atoms with van der Waals surface area (Å²) in [6.07, 6.45) is 3.80. The fourth-order valence-corrected chi connectivity index (χ4v) is 5.97. The zero-order valence-corrected chi connectivity index (χ0v) is 16.8. The minimum atomic E-state index is -1.09. The van der Waals surface area contributed by atoms with Crippen molar-refractivity contribution in [1.82, 2.24) is 0 Å². The molecule has 2 nitrogen and oxygen atoms in total. The van der Waals surface area contributed by atoms with Gasteiger partial charge in [0.1, 0.15) is 5.76 Å². The van der Waals surface area contributed by atoms with E-state index >= 15 is 0 Å². The topological polar surface area (TPSA) is 37.3 Å². The summed E-state index contributed by atoms with van der Waals surface area (Å²) in [4.78, 5) is 13.3. The van der Waals surface area contributed by atoms with E-state index in [0.717, 1.165) is 24.8 Å². The Labute approximate surface area is 173 Å². The maximum absolute atomic E-state index is 14.5. The second kappa shape index (κ2) is 6.66. The molecular formula is C24H21ClF2O2. The number of fused-ring (bicyclic) bond motifs is 5. The van der Waals surface area contributed by atoms with Gasteiger partial charge in [-0.2, -0.15) is 0 Å². The molecule has 2 saturated carbocycles. The molecule has 0 aliphatic heterocycles. The fraction of sp³-hybridized carbons (Fsp3) is 0.375. The highest BCUT2D eigenvalue weighted by molar-refractivity contribution is 6.30. The Morgan fingerprint density at radius 3 is 2.45 bits per heavy atom. The van der Waals surface area contributed by atoms with Crippen LogP contribution in [0.25, 0.3) is 16.7 Å². The molecule has 2 aromatic carbocycles. The van der Waals surface area contributed by atoms with Crippen molar-refractivity contribution >= 4 is 23.0 Å². The zero-order chi connectivity index (χ0) is 20.4. The van der Waals surface area contributed by atoms with Gasteiger partial charge in [0.2, 0.25) is 0 Å². The lowest BCUT2D eigenvalue weighted by atomic mass is 9.80. The molecule has 3 aliphatic carbocycles. The maximum atomic E-state index is 14.5. The van der Waals surface area contributed by atoms with Gasteiger partial charge in [0.25, 0.3) is 0 Å². The summed E-state index contributed by atoms with van der Waals surface area (Å²) in [5, 5.41) is 10.8. The number of carbonyl (C=O) groups excluding carboxylic acids is 1. The number of rotatable bonds is 3. The largest absolute Gasteiger partial charge is 0.511 e. The number of ketones is 1. The van der Waals surface area contributed by atoms with Crippen LogP contribution in [-0.4, -0.2) is 10.9 Å². The molecule has 5 heteroatoms. The van der Waals surface area contributed by atoms with E-state index in [2.05, 4.69) is 0 Å². The van der Waals surface area contributed by atoms with Crippen molar-refractivity contribution < 1.29 is 18.7 Å². The highest BCUT2D eigenvalue weighted by atomic mass is 35.5. The van der Waals surface area contributed by atoms with Crippen molar-refractivity contribution in [2.45, 2.75) is 32.6 Å². The number of aliphatic hydroxyl groups is 1. The van der Waals surface area contributed by atoms with E-state index in [1.807, 2.05) is 13.0 Å². The summed E-state index contributed by atoms with van der Waals surface area (Å²) >= 11 is 5.68. The summed E-state index contributed by atoms with van der Waals surface area (Å²) in [5.74, 6) is -1.36. The molecule has 0 unspecified atom stereocenters. The van der Waals surface area contributed by atoms with Crippen LogP contribution in [0, 0.1) is 35.3 Å². The van der Waals surface area contributed by atoms with Gasteiger partial charge >= 0.3 is 0 Å². The van der Waals surface area contributed by atoms with Crippen LogP contribution in [0.5, 0.6) is 0 Å². The number of hydrogen-bond acceptors (Lipinski definition) is 2. The van der Waals surface area contributed by atoms with E-state index < -0.39 is 11.6 Å². The van der Waals surface area contributed by atoms with Gasteiger partial charge in [-0.1, -0.05) is 30.7 Å². The smallest absolute Gasteiger partial charge is 0.178 e. The predicted octanol–water partition coefficient (Wildman–Crippen LogP) is 6.36. The fourth-order valence-electron chi connectivity index (χ4n) is 5.83. The molecule has 2 fully saturated rings. The van der Waals surface area contributed by atoms with Crippen LogP contribution >= 0.6 is 11.6 Å². The van der Waals surface area contributed by atoms with Gasteiger partial charge in [-0.25, -0.2) is 8.78 Å². The molecule has 0 aromatic heterocycles. The SMILES string of the molecule is CCc1ccc(-c2ccc(Cl)c(F)c2F)cc1C1=C(O)[C@@H]2[C@@H]3CC[C@@H](C3)[C@@H]2C1=O. The van der Waals surface area contributed by atoms with Crippen LogP contribution in [0.2, 0.25) is 5.02 Å². The van der Waals surface area contributed by atoms with Crippen LogP contribution in [0.1, 0.15) is 37.3 Å². The monoisotopic (exact) mass is 414 g/mol. The van der Waals surface area contributed by atoms with Crippen molar-refractivity contribution in [3.05, 3.63) is 63.9 Å². The molecule has 0 saturated heterocycles. The number of hydrogen-bond donors (Lipinski definition) is 1. The Morgan fingerprint density at radius 2 is 1.76 bits per heavy atom. The van der Waals surface area contributed by atoms with Crippen molar-refractivity contribution in [2.75, 3.05) is 0 Å². The lowest BCUT2D eigenvalue weighted by Crippen LogP contribution is -2.24. The third-order valence-electron chi connectivity index (χ3n) is 7.14. The van der Waals surface area contributed by atoms with E-state index in [1.54, 1.807) is 12.1 Å². The van der Waals surface area contributed by atoms with Gasteiger partial charge in [-0.3, -0.25) is 4.79 Å². The average Bonchev–Trinajstić information content (AvgIpc) is 3.40. The quantitative estimate of drug-likeness (QED) is 0.593. The number of halogens is 3. The molecule has 0 spiro atoms. The van der Waals surface area contributed by atoms with Crippen LogP contribution in [0.3, 0.4) is 0 Å². The molecular weight excluding hydrogens is 394 g/mol. The molecule has 3 aliphatic rings. The molecule has 0 heterocycles. The molecule has 0 amide bonds. The Hall–Kier alpha value is -2.20.